The number of ketones is 1. The standard InChI is InChI=1S/C20H20ClN3O6S/c1-13(25)14-5-8-16(9-6-14)31(29,30)23-11-3-2-4-18(23)20(26)22-15-7-10-17(21)19(12-15)24(27)28/h5-10,12,18H,2-4,11H2,1H3,(H,22,26). The van der Waals surface area contributed by atoms with Gasteiger partial charge in [0.1, 0.15) is 11.1 Å². The number of anilines is 1. The minimum atomic E-state index is -3.99. The number of amides is 1. The average Bonchev–Trinajstić information content (AvgIpc) is 2.75. The molecule has 164 valence electrons. The highest BCUT2D eigenvalue weighted by atomic mass is 35.5. The fraction of sp³-hybridized carbons (Fsp3) is 0.300. The van der Waals surface area contributed by atoms with Gasteiger partial charge in [0, 0.05) is 23.9 Å². The number of nitrogens with one attached hydrogen (secondary N) is 1. The van der Waals surface area contributed by atoms with Gasteiger partial charge < -0.3 is 5.32 Å². The number of piperidine rings is 1. The molecular formula is C20H20ClN3O6S. The molecule has 1 N–H and O–H groups in total. The number of nitrogens with zero attached hydrogens (tertiary/aromatic N) is 2. The molecule has 1 fully saturated rings. The van der Waals surface area contributed by atoms with Crippen LogP contribution in [0.1, 0.15) is 36.5 Å². The quantitative estimate of drug-likeness (QED) is 0.394. The fourth-order valence-corrected chi connectivity index (χ4v) is 5.25. The van der Waals surface area contributed by atoms with Gasteiger partial charge in [-0.2, -0.15) is 4.31 Å². The number of benzene rings is 2. The Labute approximate surface area is 184 Å². The molecular weight excluding hydrogens is 446 g/mol. The Kier molecular flexibility index (Phi) is 6.73. The molecule has 1 atom stereocenters. The van der Waals surface area contributed by atoms with E-state index in [2.05, 4.69) is 5.32 Å². The van der Waals surface area contributed by atoms with Crippen molar-refractivity contribution in [3.63, 3.8) is 0 Å². The number of nitro benzene ring substituents is 1. The summed E-state index contributed by atoms with van der Waals surface area (Å²) >= 11 is 5.79. The summed E-state index contributed by atoms with van der Waals surface area (Å²) in [6.07, 6.45) is 1.57. The Morgan fingerprint density at radius 3 is 2.45 bits per heavy atom. The van der Waals surface area contributed by atoms with E-state index in [1.807, 2.05) is 0 Å². The summed E-state index contributed by atoms with van der Waals surface area (Å²) in [6, 6.07) is 8.42. The zero-order valence-corrected chi connectivity index (χ0v) is 18.1. The summed E-state index contributed by atoms with van der Waals surface area (Å²) in [5.41, 5.74) is 0.171. The first kappa shape index (κ1) is 22.9. The van der Waals surface area contributed by atoms with Crippen molar-refractivity contribution in [3.8, 4) is 0 Å². The summed E-state index contributed by atoms with van der Waals surface area (Å²) in [4.78, 5) is 34.7. The van der Waals surface area contributed by atoms with E-state index in [0.717, 1.165) is 10.4 Å². The minimum absolute atomic E-state index is 0.0145. The molecule has 1 aliphatic rings. The van der Waals surface area contributed by atoms with Crippen LogP contribution in [0.5, 0.6) is 0 Å². The van der Waals surface area contributed by atoms with Gasteiger partial charge in [-0.05, 0) is 44.0 Å². The van der Waals surface area contributed by atoms with Crippen LogP contribution in [0.3, 0.4) is 0 Å². The van der Waals surface area contributed by atoms with Gasteiger partial charge in [0.15, 0.2) is 5.78 Å². The number of sulfonamides is 1. The summed E-state index contributed by atoms with van der Waals surface area (Å²) in [7, 11) is -3.99. The summed E-state index contributed by atoms with van der Waals surface area (Å²) in [6.45, 7) is 1.55. The molecule has 1 amide bonds. The molecule has 0 aromatic heterocycles. The van der Waals surface area contributed by atoms with Gasteiger partial charge in [0.05, 0.1) is 9.82 Å². The largest absolute Gasteiger partial charge is 0.324 e. The summed E-state index contributed by atoms with van der Waals surface area (Å²) < 4.78 is 27.5. The van der Waals surface area contributed by atoms with Gasteiger partial charge in [-0.15, -0.1) is 0 Å². The van der Waals surface area contributed by atoms with E-state index in [1.165, 1.54) is 43.3 Å². The van der Waals surface area contributed by atoms with Gasteiger partial charge in [-0.3, -0.25) is 19.7 Å². The normalized spacial score (nSPS) is 17.2. The number of Topliss-reactive ketones (excluding diaryl/α,β-unsaturated/α-hetero) is 1. The summed E-state index contributed by atoms with van der Waals surface area (Å²) in [5.74, 6) is -0.767. The van der Waals surface area contributed by atoms with Crippen molar-refractivity contribution in [1.82, 2.24) is 4.31 Å². The molecule has 1 heterocycles. The summed E-state index contributed by atoms with van der Waals surface area (Å²) in [5, 5.41) is 13.6. The van der Waals surface area contributed by atoms with Crippen molar-refractivity contribution in [2.24, 2.45) is 0 Å². The number of rotatable bonds is 6. The van der Waals surface area contributed by atoms with Crippen molar-refractivity contribution in [3.05, 3.63) is 63.2 Å². The van der Waals surface area contributed by atoms with Gasteiger partial charge in [-0.25, -0.2) is 8.42 Å². The molecule has 11 heteroatoms. The molecule has 1 unspecified atom stereocenters. The van der Waals surface area contributed by atoms with E-state index in [1.54, 1.807) is 0 Å². The Balaban J connectivity index is 1.86. The second-order valence-corrected chi connectivity index (χ2v) is 9.42. The highest BCUT2D eigenvalue weighted by Crippen LogP contribution is 2.29. The first-order valence-corrected chi connectivity index (χ1v) is 11.3. The number of halogens is 1. The molecule has 0 radical (unpaired) electrons. The molecule has 0 spiro atoms. The van der Waals surface area contributed by atoms with Crippen LogP contribution in [0.4, 0.5) is 11.4 Å². The molecule has 31 heavy (non-hydrogen) atoms. The van der Waals surface area contributed by atoms with E-state index in [0.29, 0.717) is 24.8 Å². The van der Waals surface area contributed by atoms with Crippen LogP contribution in [0, 0.1) is 10.1 Å². The molecule has 2 aromatic carbocycles. The van der Waals surface area contributed by atoms with Crippen LogP contribution in [-0.2, 0) is 14.8 Å². The highest BCUT2D eigenvalue weighted by molar-refractivity contribution is 7.89. The van der Waals surface area contributed by atoms with Crippen molar-refractivity contribution >= 4 is 44.7 Å². The molecule has 1 saturated heterocycles. The SMILES string of the molecule is CC(=O)c1ccc(S(=O)(=O)N2CCCCC2C(=O)Nc2ccc(Cl)c([N+](=O)[O-])c2)cc1. The first-order valence-electron chi connectivity index (χ1n) is 9.49. The first-order chi connectivity index (χ1) is 14.6. The molecule has 0 bridgehead atoms. The predicted octanol–water partition coefficient (Wildman–Crippen LogP) is 3.63. The van der Waals surface area contributed by atoms with Crippen LogP contribution in [0.25, 0.3) is 0 Å². The molecule has 9 nitrogen and oxygen atoms in total. The number of hydrogen-bond donors (Lipinski definition) is 1. The van der Waals surface area contributed by atoms with Gasteiger partial charge >= 0.3 is 0 Å². The lowest BCUT2D eigenvalue weighted by atomic mass is 10.0. The number of nitro groups is 1. The van der Waals surface area contributed by atoms with Crippen LogP contribution in [0.15, 0.2) is 47.4 Å². The molecule has 0 saturated carbocycles. The molecule has 3 rings (SSSR count). The predicted molar refractivity (Wildman–Crippen MR) is 115 cm³/mol. The van der Waals surface area contributed by atoms with Crippen molar-refractivity contribution < 1.29 is 22.9 Å². The van der Waals surface area contributed by atoms with Gasteiger partial charge in [0.25, 0.3) is 5.69 Å². The van der Waals surface area contributed by atoms with Gasteiger partial charge in [0.2, 0.25) is 15.9 Å². The van der Waals surface area contributed by atoms with Gasteiger partial charge in [-0.1, -0.05) is 30.2 Å². The topological polar surface area (TPSA) is 127 Å². The molecule has 1 aliphatic heterocycles. The third-order valence-electron chi connectivity index (χ3n) is 5.03. The van der Waals surface area contributed by atoms with E-state index in [9.17, 15) is 28.1 Å². The maximum absolute atomic E-state index is 13.2. The molecule has 0 aliphatic carbocycles. The monoisotopic (exact) mass is 465 g/mol. The lowest BCUT2D eigenvalue weighted by Crippen LogP contribution is -2.49. The Hall–Kier alpha value is -2.82. The van der Waals surface area contributed by atoms with Crippen LogP contribution in [-0.4, -0.2) is 41.9 Å². The van der Waals surface area contributed by atoms with E-state index in [4.69, 9.17) is 11.6 Å². The Morgan fingerprint density at radius 1 is 1.16 bits per heavy atom. The second kappa shape index (κ2) is 9.13. The minimum Gasteiger partial charge on any atom is -0.324 e. The highest BCUT2D eigenvalue weighted by Gasteiger charge is 2.37. The van der Waals surface area contributed by atoms with Crippen LogP contribution in [0.2, 0.25) is 5.02 Å². The Morgan fingerprint density at radius 2 is 1.84 bits per heavy atom. The average molecular weight is 466 g/mol. The number of hydrogen-bond acceptors (Lipinski definition) is 6. The van der Waals surface area contributed by atoms with Crippen molar-refractivity contribution in [1.29, 1.82) is 0 Å². The van der Waals surface area contributed by atoms with E-state index in [-0.39, 0.29) is 33.6 Å². The number of carbonyl (C=O) groups is 2. The third-order valence-corrected chi connectivity index (χ3v) is 7.28. The zero-order valence-electron chi connectivity index (χ0n) is 16.6. The van der Waals surface area contributed by atoms with E-state index < -0.39 is 26.9 Å². The lowest BCUT2D eigenvalue weighted by molar-refractivity contribution is -0.384. The fourth-order valence-electron chi connectivity index (χ4n) is 3.41. The second-order valence-electron chi connectivity index (χ2n) is 7.12. The molecule has 2 aromatic rings. The van der Waals surface area contributed by atoms with E-state index >= 15 is 0 Å². The third kappa shape index (κ3) is 4.92. The maximum Gasteiger partial charge on any atom is 0.289 e. The lowest BCUT2D eigenvalue weighted by Gasteiger charge is -2.33. The van der Waals surface area contributed by atoms with Crippen LogP contribution < -0.4 is 5.32 Å². The van der Waals surface area contributed by atoms with Crippen molar-refractivity contribution in [2.45, 2.75) is 37.1 Å². The zero-order chi connectivity index (χ0) is 22.8. The Bertz CT molecular complexity index is 1130. The smallest absolute Gasteiger partial charge is 0.289 e. The maximum atomic E-state index is 13.2. The number of carbonyl (C=O) groups excluding carboxylic acids is 2. The van der Waals surface area contributed by atoms with Crippen LogP contribution >= 0.6 is 11.6 Å². The van der Waals surface area contributed by atoms with Crippen molar-refractivity contribution in [2.75, 3.05) is 11.9 Å².